The number of nitrogens with zero attached hydrogens (tertiary/aromatic N) is 1. The van der Waals surface area contributed by atoms with Crippen LogP contribution in [0, 0.1) is 0 Å². The molecule has 0 bridgehead atoms. The lowest BCUT2D eigenvalue weighted by Crippen LogP contribution is -2.56. The van der Waals surface area contributed by atoms with Crippen LogP contribution in [-0.4, -0.2) is 55.0 Å². The smallest absolute Gasteiger partial charge is 0.264 e. The highest BCUT2D eigenvalue weighted by Gasteiger charge is 2.03. The summed E-state index contributed by atoms with van der Waals surface area (Å²) in [5.74, 6) is 0. The van der Waals surface area contributed by atoms with Crippen molar-refractivity contribution in [2.75, 3.05) is 40.8 Å². The second-order valence-corrected chi connectivity index (χ2v) is 5.29. The van der Waals surface area contributed by atoms with Gasteiger partial charge in [-0.3, -0.25) is 0 Å². The summed E-state index contributed by atoms with van der Waals surface area (Å²) in [4.78, 5) is 12.2. The Morgan fingerprint density at radius 2 is 1.83 bits per heavy atom. The fraction of sp³-hybridized carbons (Fsp3) is 1.00. The molecule has 0 aliphatic carbocycles. The Kier molecular flexibility index (Phi) is 7.73. The predicted molar refractivity (Wildman–Crippen MR) is 56.4 cm³/mol. The van der Waals surface area contributed by atoms with E-state index in [1.54, 1.807) is 0 Å². The molecule has 0 unspecified atom stereocenters. The van der Waals surface area contributed by atoms with E-state index in [-0.39, 0.29) is 0 Å². The lowest BCUT2D eigenvalue weighted by atomic mass is 10.5. The van der Waals surface area contributed by atoms with Crippen molar-refractivity contribution in [3.63, 3.8) is 0 Å². The second-order valence-electron chi connectivity index (χ2n) is 2.86. The minimum absolute atomic E-state index is 1.04. The summed E-state index contributed by atoms with van der Waals surface area (Å²) >= 11 is 0. The molecule has 0 fully saturated rings. The largest absolute Gasteiger partial charge is 0.319 e. The Morgan fingerprint density at radius 1 is 1.25 bits per heavy atom. The molecule has 4 nitrogen and oxygen atoms in total. The highest BCUT2D eigenvalue weighted by molar-refractivity contribution is 6.50. The lowest BCUT2D eigenvalue weighted by molar-refractivity contribution is 0.357. The summed E-state index contributed by atoms with van der Waals surface area (Å²) in [5.41, 5.74) is 0. The standard InChI is InChI=1S/C7H22N4Si/c1-5-11(4)7-6-10-12(8-2)9-3/h8-10,12H,5-7H2,1-4H3. The van der Waals surface area contributed by atoms with Gasteiger partial charge in [-0.25, -0.2) is 0 Å². The Bertz CT molecular complexity index is 97.4. The van der Waals surface area contributed by atoms with Crippen molar-refractivity contribution in [2.24, 2.45) is 0 Å². The highest BCUT2D eigenvalue weighted by atomic mass is 28.3. The van der Waals surface area contributed by atoms with Gasteiger partial charge in [0.1, 0.15) is 0 Å². The summed E-state index contributed by atoms with van der Waals surface area (Å²) in [5, 5.41) is 0. The third-order valence-electron chi connectivity index (χ3n) is 1.96. The van der Waals surface area contributed by atoms with E-state index in [1.165, 1.54) is 0 Å². The van der Waals surface area contributed by atoms with Crippen molar-refractivity contribution in [2.45, 2.75) is 6.92 Å². The van der Waals surface area contributed by atoms with Gasteiger partial charge in [0, 0.05) is 13.1 Å². The molecule has 74 valence electrons. The van der Waals surface area contributed by atoms with Crippen molar-refractivity contribution in [3.05, 3.63) is 0 Å². The molecule has 0 radical (unpaired) electrons. The van der Waals surface area contributed by atoms with E-state index < -0.39 is 9.28 Å². The van der Waals surface area contributed by atoms with Crippen molar-refractivity contribution in [3.8, 4) is 0 Å². The SMILES string of the molecule is CCN(C)CCN[SiH](NC)NC. The van der Waals surface area contributed by atoms with E-state index >= 15 is 0 Å². The molecule has 0 aliphatic heterocycles. The first-order valence-electron chi connectivity index (χ1n) is 4.51. The van der Waals surface area contributed by atoms with Gasteiger partial charge in [0.15, 0.2) is 0 Å². The maximum Gasteiger partial charge on any atom is 0.264 e. The number of likely N-dealkylation sites (N-methyl/N-ethyl adjacent to an activating group) is 1. The molecule has 0 heterocycles. The molecule has 0 saturated carbocycles. The molecule has 12 heavy (non-hydrogen) atoms. The number of hydrogen-bond donors (Lipinski definition) is 3. The molecule has 0 aromatic carbocycles. The molecular formula is C7H22N4Si. The van der Waals surface area contributed by atoms with Crippen LogP contribution in [0.4, 0.5) is 0 Å². The van der Waals surface area contributed by atoms with Crippen molar-refractivity contribution >= 4 is 9.28 Å². The summed E-state index contributed by atoms with van der Waals surface area (Å²) in [7, 11) is 5.08. The minimum atomic E-state index is -1.04. The van der Waals surface area contributed by atoms with E-state index in [0.29, 0.717) is 0 Å². The van der Waals surface area contributed by atoms with Gasteiger partial charge in [0.05, 0.1) is 0 Å². The first kappa shape index (κ1) is 12.1. The Balaban J connectivity index is 3.28. The van der Waals surface area contributed by atoms with Crippen LogP contribution in [0.3, 0.4) is 0 Å². The normalized spacial score (nSPS) is 11.5. The van der Waals surface area contributed by atoms with E-state index in [4.69, 9.17) is 0 Å². The van der Waals surface area contributed by atoms with Crippen LogP contribution in [0.15, 0.2) is 0 Å². The average Bonchev–Trinajstić information content (AvgIpc) is 2.12. The van der Waals surface area contributed by atoms with Gasteiger partial charge in [-0.15, -0.1) is 0 Å². The molecule has 0 amide bonds. The van der Waals surface area contributed by atoms with E-state index in [0.717, 1.165) is 19.6 Å². The van der Waals surface area contributed by atoms with Crippen LogP contribution in [0.25, 0.3) is 0 Å². The van der Waals surface area contributed by atoms with Crippen LogP contribution in [0.2, 0.25) is 0 Å². The van der Waals surface area contributed by atoms with E-state index in [9.17, 15) is 0 Å². The Labute approximate surface area is 77.6 Å². The van der Waals surface area contributed by atoms with Crippen molar-refractivity contribution < 1.29 is 0 Å². The Hall–Kier alpha value is 0.0569. The average molecular weight is 190 g/mol. The maximum atomic E-state index is 3.46. The number of hydrogen-bond acceptors (Lipinski definition) is 4. The van der Waals surface area contributed by atoms with Gasteiger partial charge >= 0.3 is 0 Å². The predicted octanol–water partition coefficient (Wildman–Crippen LogP) is -1.32. The molecule has 5 heteroatoms. The fourth-order valence-electron chi connectivity index (χ4n) is 0.906. The van der Waals surface area contributed by atoms with Crippen LogP contribution in [0.5, 0.6) is 0 Å². The highest BCUT2D eigenvalue weighted by Crippen LogP contribution is 1.77. The molecule has 3 N–H and O–H groups in total. The molecule has 0 rings (SSSR count). The third-order valence-corrected chi connectivity index (χ3v) is 3.81. The zero-order chi connectivity index (χ0) is 9.40. The van der Waals surface area contributed by atoms with Gasteiger partial charge in [0.2, 0.25) is 0 Å². The van der Waals surface area contributed by atoms with Gasteiger partial charge < -0.3 is 19.8 Å². The Morgan fingerprint density at radius 3 is 2.25 bits per heavy atom. The van der Waals surface area contributed by atoms with Crippen molar-refractivity contribution in [1.82, 2.24) is 19.8 Å². The summed E-state index contributed by atoms with van der Waals surface area (Å²) < 4.78 is 0. The van der Waals surface area contributed by atoms with Crippen LogP contribution < -0.4 is 14.9 Å². The van der Waals surface area contributed by atoms with Crippen LogP contribution in [0.1, 0.15) is 6.92 Å². The van der Waals surface area contributed by atoms with Crippen molar-refractivity contribution in [1.29, 1.82) is 0 Å². The molecule has 0 saturated heterocycles. The molecule has 0 aromatic rings. The second kappa shape index (κ2) is 7.69. The van der Waals surface area contributed by atoms with Gasteiger partial charge in [-0.1, -0.05) is 6.92 Å². The van der Waals surface area contributed by atoms with E-state index in [2.05, 4.69) is 33.8 Å². The lowest BCUT2D eigenvalue weighted by Gasteiger charge is -2.18. The first-order valence-corrected chi connectivity index (χ1v) is 6.24. The third kappa shape index (κ3) is 5.67. The van der Waals surface area contributed by atoms with Gasteiger partial charge in [-0.2, -0.15) is 0 Å². The van der Waals surface area contributed by atoms with E-state index in [1.807, 2.05) is 14.1 Å². The molecule has 0 spiro atoms. The summed E-state index contributed by atoms with van der Waals surface area (Å²) in [6.07, 6.45) is 0. The zero-order valence-corrected chi connectivity index (χ0v) is 9.80. The van der Waals surface area contributed by atoms with Crippen LogP contribution >= 0.6 is 0 Å². The van der Waals surface area contributed by atoms with Gasteiger partial charge in [-0.05, 0) is 27.7 Å². The first-order chi connectivity index (χ1) is 5.74. The monoisotopic (exact) mass is 190 g/mol. The molecule has 0 aliphatic rings. The zero-order valence-electron chi connectivity index (χ0n) is 8.65. The summed E-state index contributed by atoms with van der Waals surface area (Å²) in [6, 6.07) is 0. The minimum Gasteiger partial charge on any atom is -0.319 e. The number of rotatable bonds is 7. The van der Waals surface area contributed by atoms with Crippen LogP contribution in [-0.2, 0) is 0 Å². The summed E-state index contributed by atoms with van der Waals surface area (Å²) in [6.45, 7) is 5.46. The van der Waals surface area contributed by atoms with Gasteiger partial charge in [0.25, 0.3) is 9.28 Å². The topological polar surface area (TPSA) is 39.3 Å². The number of nitrogens with one attached hydrogen (secondary N) is 3. The molecule has 0 atom stereocenters. The maximum absolute atomic E-state index is 3.46. The fourth-order valence-corrected chi connectivity index (χ4v) is 2.02. The molecular weight excluding hydrogens is 168 g/mol. The molecule has 0 aromatic heterocycles. The quantitative estimate of drug-likeness (QED) is 0.436.